The summed E-state index contributed by atoms with van der Waals surface area (Å²) < 4.78 is 1.94. The van der Waals surface area contributed by atoms with E-state index in [9.17, 15) is 4.79 Å². The number of nitrogens with one attached hydrogen (secondary N) is 1. The van der Waals surface area contributed by atoms with Crippen LogP contribution in [0.2, 0.25) is 0 Å². The van der Waals surface area contributed by atoms with Crippen LogP contribution in [0, 0.1) is 0 Å². The zero-order valence-electron chi connectivity index (χ0n) is 14.0. The molecule has 0 fully saturated rings. The molecule has 5 nitrogen and oxygen atoms in total. The van der Waals surface area contributed by atoms with E-state index in [2.05, 4.69) is 21.8 Å². The summed E-state index contributed by atoms with van der Waals surface area (Å²) in [5.41, 5.74) is 0.791. The third-order valence-electron chi connectivity index (χ3n) is 3.71. The SMILES string of the molecule is CSCCC(NC(=O)CSc1ccccc1)c1nnc2ccccn12. The molecule has 2 aromatic heterocycles. The van der Waals surface area contributed by atoms with Gasteiger partial charge in [0.15, 0.2) is 11.5 Å². The molecule has 130 valence electrons. The molecule has 1 unspecified atom stereocenters. The first-order valence-electron chi connectivity index (χ1n) is 8.03. The van der Waals surface area contributed by atoms with Crippen molar-refractivity contribution < 1.29 is 4.79 Å². The van der Waals surface area contributed by atoms with E-state index in [1.807, 2.05) is 59.1 Å². The monoisotopic (exact) mass is 372 g/mol. The van der Waals surface area contributed by atoms with Crippen molar-refractivity contribution in [3.05, 3.63) is 60.6 Å². The number of carbonyl (C=O) groups excluding carboxylic acids is 1. The summed E-state index contributed by atoms with van der Waals surface area (Å²) >= 11 is 3.29. The van der Waals surface area contributed by atoms with E-state index in [1.54, 1.807) is 11.8 Å². The lowest BCUT2D eigenvalue weighted by Gasteiger charge is -2.17. The summed E-state index contributed by atoms with van der Waals surface area (Å²) in [7, 11) is 0. The quantitative estimate of drug-likeness (QED) is 0.614. The summed E-state index contributed by atoms with van der Waals surface area (Å²) in [6.45, 7) is 0. The minimum Gasteiger partial charge on any atom is -0.345 e. The topological polar surface area (TPSA) is 59.3 Å². The highest BCUT2D eigenvalue weighted by atomic mass is 32.2. The minimum atomic E-state index is -0.145. The molecule has 0 radical (unpaired) electrons. The Hall–Kier alpha value is -1.99. The van der Waals surface area contributed by atoms with Crippen LogP contribution < -0.4 is 5.32 Å². The highest BCUT2D eigenvalue weighted by Crippen LogP contribution is 2.20. The number of benzene rings is 1. The molecule has 3 rings (SSSR count). The number of thioether (sulfide) groups is 2. The average Bonchev–Trinajstić information content (AvgIpc) is 3.08. The Balaban J connectivity index is 1.69. The number of nitrogens with zero attached hydrogens (tertiary/aromatic N) is 3. The molecule has 2 heterocycles. The second-order valence-corrected chi connectivity index (χ2v) is 7.52. The van der Waals surface area contributed by atoms with Gasteiger partial charge in [0.1, 0.15) is 0 Å². The largest absolute Gasteiger partial charge is 0.345 e. The van der Waals surface area contributed by atoms with Crippen molar-refractivity contribution in [2.45, 2.75) is 17.4 Å². The van der Waals surface area contributed by atoms with Crippen molar-refractivity contribution in [2.24, 2.45) is 0 Å². The molecule has 1 amide bonds. The van der Waals surface area contributed by atoms with E-state index in [-0.39, 0.29) is 11.9 Å². The van der Waals surface area contributed by atoms with Crippen LogP contribution >= 0.6 is 23.5 Å². The molecule has 0 saturated carbocycles. The minimum absolute atomic E-state index is 0.00707. The predicted octanol–water partition coefficient (Wildman–Crippen LogP) is 3.43. The maximum absolute atomic E-state index is 12.4. The third kappa shape index (κ3) is 4.76. The number of hydrogen-bond donors (Lipinski definition) is 1. The molecule has 25 heavy (non-hydrogen) atoms. The van der Waals surface area contributed by atoms with Crippen LogP contribution in [0.5, 0.6) is 0 Å². The summed E-state index contributed by atoms with van der Waals surface area (Å²) in [5.74, 6) is 2.12. The molecule has 1 aromatic carbocycles. The van der Waals surface area contributed by atoms with E-state index in [0.29, 0.717) is 5.75 Å². The number of fused-ring (bicyclic) bond motifs is 1. The Morgan fingerprint density at radius 1 is 1.16 bits per heavy atom. The van der Waals surface area contributed by atoms with Gasteiger partial charge in [0.2, 0.25) is 5.91 Å². The lowest BCUT2D eigenvalue weighted by molar-refractivity contribution is -0.119. The van der Waals surface area contributed by atoms with Crippen molar-refractivity contribution in [1.29, 1.82) is 0 Å². The van der Waals surface area contributed by atoms with Crippen LogP contribution in [-0.4, -0.2) is 38.3 Å². The molecule has 0 aliphatic carbocycles. The van der Waals surface area contributed by atoms with Crippen molar-refractivity contribution in [1.82, 2.24) is 19.9 Å². The summed E-state index contributed by atoms with van der Waals surface area (Å²) in [6, 6.07) is 15.6. The van der Waals surface area contributed by atoms with Crippen molar-refractivity contribution in [2.75, 3.05) is 17.8 Å². The fourth-order valence-electron chi connectivity index (χ4n) is 2.50. The standard InChI is InChI=1S/C18H20N4OS2/c1-24-12-10-15(18-21-20-16-9-5-6-11-22(16)18)19-17(23)13-25-14-7-3-2-4-8-14/h2-9,11,15H,10,12-13H2,1H3,(H,19,23). The van der Waals surface area contributed by atoms with E-state index in [0.717, 1.165) is 28.5 Å². The molecule has 0 aliphatic heterocycles. The first kappa shape index (κ1) is 17.8. The maximum Gasteiger partial charge on any atom is 0.230 e. The number of amides is 1. The summed E-state index contributed by atoms with van der Waals surface area (Å²) in [4.78, 5) is 13.5. The van der Waals surface area contributed by atoms with E-state index in [4.69, 9.17) is 0 Å². The first-order chi connectivity index (χ1) is 12.3. The number of carbonyl (C=O) groups is 1. The number of aromatic nitrogens is 3. The van der Waals surface area contributed by atoms with Crippen LogP contribution in [0.1, 0.15) is 18.3 Å². The van der Waals surface area contributed by atoms with Gasteiger partial charge in [-0.25, -0.2) is 0 Å². The second kappa shape index (κ2) is 8.92. The van der Waals surface area contributed by atoms with E-state index < -0.39 is 0 Å². The summed E-state index contributed by atoms with van der Waals surface area (Å²) in [6.07, 6.45) is 4.81. The van der Waals surface area contributed by atoms with Gasteiger partial charge in [-0.15, -0.1) is 22.0 Å². The predicted molar refractivity (Wildman–Crippen MR) is 104 cm³/mol. The average molecular weight is 373 g/mol. The lowest BCUT2D eigenvalue weighted by atomic mass is 10.2. The highest BCUT2D eigenvalue weighted by Gasteiger charge is 2.20. The van der Waals surface area contributed by atoms with E-state index in [1.165, 1.54) is 11.8 Å². The Bertz CT molecular complexity index is 822. The maximum atomic E-state index is 12.4. The summed E-state index contributed by atoms with van der Waals surface area (Å²) in [5, 5.41) is 11.6. The van der Waals surface area contributed by atoms with Gasteiger partial charge in [0.25, 0.3) is 0 Å². The van der Waals surface area contributed by atoms with Gasteiger partial charge in [-0.2, -0.15) is 11.8 Å². The van der Waals surface area contributed by atoms with Crippen molar-refractivity contribution in [3.8, 4) is 0 Å². The van der Waals surface area contributed by atoms with Crippen LogP contribution in [0.15, 0.2) is 59.6 Å². The van der Waals surface area contributed by atoms with Gasteiger partial charge in [0, 0.05) is 11.1 Å². The van der Waals surface area contributed by atoms with Gasteiger partial charge in [-0.1, -0.05) is 24.3 Å². The van der Waals surface area contributed by atoms with Crippen LogP contribution in [0.3, 0.4) is 0 Å². The Kier molecular flexibility index (Phi) is 6.36. The molecule has 0 saturated heterocycles. The molecule has 1 atom stereocenters. The fourth-order valence-corrected chi connectivity index (χ4v) is 3.70. The number of hydrogen-bond acceptors (Lipinski definition) is 5. The Morgan fingerprint density at radius 2 is 1.96 bits per heavy atom. The normalized spacial score (nSPS) is 12.2. The fraction of sp³-hybridized carbons (Fsp3) is 0.278. The second-order valence-electron chi connectivity index (χ2n) is 5.49. The zero-order valence-corrected chi connectivity index (χ0v) is 15.6. The van der Waals surface area contributed by atoms with Gasteiger partial charge in [-0.05, 0) is 42.7 Å². The van der Waals surface area contributed by atoms with Gasteiger partial charge < -0.3 is 5.32 Å². The molecule has 0 bridgehead atoms. The molecular formula is C18H20N4OS2. The Labute approximate surface area is 155 Å². The van der Waals surface area contributed by atoms with Gasteiger partial charge >= 0.3 is 0 Å². The van der Waals surface area contributed by atoms with E-state index >= 15 is 0 Å². The molecule has 0 aliphatic rings. The zero-order chi connectivity index (χ0) is 17.5. The molecule has 7 heteroatoms. The van der Waals surface area contributed by atoms with Crippen LogP contribution in [0.25, 0.3) is 5.65 Å². The number of rotatable bonds is 8. The smallest absolute Gasteiger partial charge is 0.230 e. The Morgan fingerprint density at radius 3 is 2.76 bits per heavy atom. The molecule has 0 spiro atoms. The lowest BCUT2D eigenvalue weighted by Crippen LogP contribution is -2.31. The van der Waals surface area contributed by atoms with Gasteiger partial charge in [-0.3, -0.25) is 9.20 Å². The van der Waals surface area contributed by atoms with Crippen molar-refractivity contribution in [3.63, 3.8) is 0 Å². The first-order valence-corrected chi connectivity index (χ1v) is 10.4. The van der Waals surface area contributed by atoms with Crippen LogP contribution in [0.4, 0.5) is 0 Å². The molecular weight excluding hydrogens is 352 g/mol. The van der Waals surface area contributed by atoms with Crippen LogP contribution in [-0.2, 0) is 4.79 Å². The third-order valence-corrected chi connectivity index (χ3v) is 5.37. The molecule has 1 N–H and O–H groups in total. The van der Waals surface area contributed by atoms with Gasteiger partial charge in [0.05, 0.1) is 11.8 Å². The highest BCUT2D eigenvalue weighted by molar-refractivity contribution is 8.00. The van der Waals surface area contributed by atoms with Crippen molar-refractivity contribution >= 4 is 35.1 Å². The number of pyridine rings is 1. The molecule has 3 aromatic rings.